The highest BCUT2D eigenvalue weighted by Gasteiger charge is 2.27. The van der Waals surface area contributed by atoms with E-state index in [9.17, 15) is 0 Å². The van der Waals surface area contributed by atoms with E-state index in [0.29, 0.717) is 0 Å². The van der Waals surface area contributed by atoms with Crippen LogP contribution < -0.4 is 0 Å². The van der Waals surface area contributed by atoms with Gasteiger partial charge in [-0.2, -0.15) is 0 Å². The SMILES string of the molecule is CCN1CCC(N(C)CC2CSc3ccccc32)CC1. The van der Waals surface area contributed by atoms with E-state index in [-0.39, 0.29) is 0 Å². The summed E-state index contributed by atoms with van der Waals surface area (Å²) in [6.45, 7) is 7.27. The van der Waals surface area contributed by atoms with Gasteiger partial charge in [0.1, 0.15) is 0 Å². The molecule has 3 rings (SSSR count). The molecule has 1 fully saturated rings. The Hall–Kier alpha value is -0.510. The summed E-state index contributed by atoms with van der Waals surface area (Å²) in [4.78, 5) is 6.71. The highest BCUT2D eigenvalue weighted by molar-refractivity contribution is 7.99. The van der Waals surface area contributed by atoms with Crippen LogP contribution in [0.2, 0.25) is 0 Å². The minimum Gasteiger partial charge on any atom is -0.303 e. The Labute approximate surface area is 127 Å². The number of hydrogen-bond donors (Lipinski definition) is 0. The van der Waals surface area contributed by atoms with Gasteiger partial charge in [0.05, 0.1) is 0 Å². The average molecular weight is 290 g/mol. The molecule has 3 heteroatoms. The molecule has 0 aliphatic carbocycles. The van der Waals surface area contributed by atoms with Gasteiger partial charge < -0.3 is 9.80 Å². The second-order valence-electron chi connectivity index (χ2n) is 6.15. The molecule has 0 bridgehead atoms. The van der Waals surface area contributed by atoms with Gasteiger partial charge in [0.15, 0.2) is 0 Å². The normalized spacial score (nSPS) is 24.2. The minimum absolute atomic E-state index is 0.727. The lowest BCUT2D eigenvalue weighted by molar-refractivity contribution is 0.128. The number of likely N-dealkylation sites (N-methyl/N-ethyl adjacent to an activating group) is 1. The lowest BCUT2D eigenvalue weighted by Gasteiger charge is -2.37. The Morgan fingerprint density at radius 1 is 1.25 bits per heavy atom. The smallest absolute Gasteiger partial charge is 0.0117 e. The Kier molecular flexibility index (Phi) is 4.69. The molecule has 0 amide bonds. The number of benzene rings is 1. The fourth-order valence-corrected chi connectivity index (χ4v) is 4.80. The summed E-state index contributed by atoms with van der Waals surface area (Å²) >= 11 is 2.03. The molecular weight excluding hydrogens is 264 g/mol. The first-order chi connectivity index (χ1) is 9.78. The van der Waals surface area contributed by atoms with Crippen molar-refractivity contribution in [1.29, 1.82) is 0 Å². The van der Waals surface area contributed by atoms with Crippen LogP contribution in [0.1, 0.15) is 31.2 Å². The third-order valence-corrected chi connectivity index (χ3v) is 6.19. The highest BCUT2D eigenvalue weighted by atomic mass is 32.2. The molecule has 2 nitrogen and oxygen atoms in total. The number of thioether (sulfide) groups is 1. The number of piperidine rings is 1. The van der Waals surface area contributed by atoms with Crippen molar-refractivity contribution in [3.05, 3.63) is 29.8 Å². The zero-order chi connectivity index (χ0) is 13.9. The molecule has 1 aromatic rings. The van der Waals surface area contributed by atoms with Crippen molar-refractivity contribution < 1.29 is 0 Å². The summed E-state index contributed by atoms with van der Waals surface area (Å²) in [7, 11) is 2.33. The molecule has 110 valence electrons. The third-order valence-electron chi connectivity index (χ3n) is 4.93. The van der Waals surface area contributed by atoms with Crippen molar-refractivity contribution in [2.75, 3.05) is 39.0 Å². The first-order valence-corrected chi connectivity index (χ1v) is 8.90. The predicted octanol–water partition coefficient (Wildman–Crippen LogP) is 3.29. The maximum absolute atomic E-state index is 2.63. The van der Waals surface area contributed by atoms with Crippen LogP contribution in [0.25, 0.3) is 0 Å². The zero-order valence-electron chi connectivity index (χ0n) is 12.7. The summed E-state index contributed by atoms with van der Waals surface area (Å²) in [5.41, 5.74) is 1.58. The summed E-state index contributed by atoms with van der Waals surface area (Å²) in [5.74, 6) is 1.99. The molecule has 1 aromatic carbocycles. The minimum atomic E-state index is 0.727. The van der Waals surface area contributed by atoms with Gasteiger partial charge >= 0.3 is 0 Å². The Bertz CT molecular complexity index is 440. The summed E-state index contributed by atoms with van der Waals surface area (Å²) in [6, 6.07) is 9.75. The fourth-order valence-electron chi connectivity index (χ4n) is 3.55. The van der Waals surface area contributed by atoms with Crippen molar-refractivity contribution >= 4 is 11.8 Å². The first kappa shape index (κ1) is 14.4. The van der Waals surface area contributed by atoms with Crippen molar-refractivity contribution in [1.82, 2.24) is 9.80 Å². The Morgan fingerprint density at radius 3 is 2.75 bits per heavy atom. The van der Waals surface area contributed by atoms with E-state index in [4.69, 9.17) is 0 Å². The van der Waals surface area contributed by atoms with Crippen LogP contribution >= 0.6 is 11.8 Å². The summed E-state index contributed by atoms with van der Waals surface area (Å²) in [5, 5.41) is 0. The van der Waals surface area contributed by atoms with E-state index in [1.165, 1.54) is 49.7 Å². The van der Waals surface area contributed by atoms with E-state index in [2.05, 4.69) is 48.0 Å². The molecule has 1 unspecified atom stereocenters. The second kappa shape index (κ2) is 6.50. The van der Waals surface area contributed by atoms with Crippen LogP contribution in [0, 0.1) is 0 Å². The molecular formula is C17H26N2S. The fraction of sp³-hybridized carbons (Fsp3) is 0.647. The van der Waals surface area contributed by atoms with Crippen LogP contribution in [0.3, 0.4) is 0 Å². The van der Waals surface area contributed by atoms with Gasteiger partial charge in [0.25, 0.3) is 0 Å². The van der Waals surface area contributed by atoms with E-state index in [1.807, 2.05) is 11.8 Å². The van der Waals surface area contributed by atoms with Gasteiger partial charge in [0, 0.05) is 29.2 Å². The van der Waals surface area contributed by atoms with Crippen LogP contribution in [-0.2, 0) is 0 Å². The largest absolute Gasteiger partial charge is 0.303 e. The van der Waals surface area contributed by atoms with Gasteiger partial charge in [-0.1, -0.05) is 25.1 Å². The van der Waals surface area contributed by atoms with E-state index >= 15 is 0 Å². The molecule has 1 atom stereocenters. The molecule has 2 heterocycles. The standard InChI is InChI=1S/C17H26N2S/c1-3-19-10-8-15(9-11-19)18(2)12-14-13-20-17-7-5-4-6-16(14)17/h4-7,14-15H,3,8-13H2,1-2H3. The topological polar surface area (TPSA) is 6.48 Å². The highest BCUT2D eigenvalue weighted by Crippen LogP contribution is 2.39. The van der Waals surface area contributed by atoms with Gasteiger partial charge in [0.2, 0.25) is 0 Å². The van der Waals surface area contributed by atoms with E-state index < -0.39 is 0 Å². The van der Waals surface area contributed by atoms with Crippen LogP contribution in [0.4, 0.5) is 0 Å². The van der Waals surface area contributed by atoms with Gasteiger partial charge in [-0.05, 0) is 51.2 Å². The number of rotatable bonds is 4. The molecule has 1 saturated heterocycles. The molecule has 0 spiro atoms. The lowest BCUT2D eigenvalue weighted by Crippen LogP contribution is -2.44. The number of nitrogens with zero attached hydrogens (tertiary/aromatic N) is 2. The monoisotopic (exact) mass is 290 g/mol. The van der Waals surface area contributed by atoms with Crippen LogP contribution in [0.15, 0.2) is 29.2 Å². The molecule has 0 saturated carbocycles. The second-order valence-corrected chi connectivity index (χ2v) is 7.21. The van der Waals surface area contributed by atoms with Crippen molar-refractivity contribution in [3.8, 4) is 0 Å². The molecule has 0 radical (unpaired) electrons. The molecule has 20 heavy (non-hydrogen) atoms. The number of fused-ring (bicyclic) bond motifs is 1. The molecule has 2 aliphatic rings. The number of hydrogen-bond acceptors (Lipinski definition) is 3. The Balaban J connectivity index is 1.56. The Morgan fingerprint density at radius 2 is 2.00 bits per heavy atom. The van der Waals surface area contributed by atoms with Gasteiger partial charge in [-0.15, -0.1) is 11.8 Å². The van der Waals surface area contributed by atoms with Crippen molar-refractivity contribution in [3.63, 3.8) is 0 Å². The van der Waals surface area contributed by atoms with Gasteiger partial charge in [-0.3, -0.25) is 0 Å². The average Bonchev–Trinajstić information content (AvgIpc) is 2.91. The predicted molar refractivity (Wildman–Crippen MR) is 87.7 cm³/mol. The summed E-state index contributed by atoms with van der Waals surface area (Å²) < 4.78 is 0. The van der Waals surface area contributed by atoms with E-state index in [1.54, 1.807) is 5.56 Å². The maximum atomic E-state index is 2.63. The lowest BCUT2D eigenvalue weighted by atomic mass is 9.98. The molecule has 2 aliphatic heterocycles. The zero-order valence-corrected chi connectivity index (χ0v) is 13.5. The molecule has 0 aromatic heterocycles. The van der Waals surface area contributed by atoms with Crippen molar-refractivity contribution in [2.45, 2.75) is 36.6 Å². The maximum Gasteiger partial charge on any atom is 0.0117 e. The molecule has 0 N–H and O–H groups in total. The van der Waals surface area contributed by atoms with Crippen LogP contribution in [-0.4, -0.2) is 54.8 Å². The third kappa shape index (κ3) is 3.05. The first-order valence-electron chi connectivity index (χ1n) is 7.92. The quantitative estimate of drug-likeness (QED) is 0.840. The van der Waals surface area contributed by atoms with Crippen molar-refractivity contribution in [2.24, 2.45) is 0 Å². The van der Waals surface area contributed by atoms with Crippen LogP contribution in [0.5, 0.6) is 0 Å². The summed E-state index contributed by atoms with van der Waals surface area (Å²) in [6.07, 6.45) is 2.68. The van der Waals surface area contributed by atoms with Gasteiger partial charge in [-0.25, -0.2) is 0 Å². The number of likely N-dealkylation sites (tertiary alicyclic amines) is 1. The van der Waals surface area contributed by atoms with E-state index in [0.717, 1.165) is 12.0 Å².